The predicted molar refractivity (Wildman–Crippen MR) is 79.2 cm³/mol. The molecule has 0 saturated carbocycles. The van der Waals surface area contributed by atoms with Crippen molar-refractivity contribution in [1.82, 2.24) is 0 Å². The van der Waals surface area contributed by atoms with Crippen molar-refractivity contribution in [2.75, 3.05) is 25.6 Å². The van der Waals surface area contributed by atoms with Crippen LogP contribution in [0.2, 0.25) is 0 Å². The minimum Gasteiger partial charge on any atom is -0.505 e. The van der Waals surface area contributed by atoms with E-state index in [-0.39, 0.29) is 5.56 Å². The summed E-state index contributed by atoms with van der Waals surface area (Å²) in [7, 11) is 3.73. The lowest BCUT2D eigenvalue weighted by atomic mass is 10.2. The molecule has 8 nitrogen and oxygen atoms in total. The Balaban J connectivity index is 1.93. The van der Waals surface area contributed by atoms with Crippen LogP contribution in [-0.4, -0.2) is 60.2 Å². The van der Waals surface area contributed by atoms with Crippen LogP contribution in [0.15, 0.2) is 35.8 Å². The van der Waals surface area contributed by atoms with Crippen molar-refractivity contribution in [3.63, 3.8) is 0 Å². The number of anilines is 1. The van der Waals surface area contributed by atoms with Crippen molar-refractivity contribution in [2.45, 2.75) is 12.2 Å². The minimum absolute atomic E-state index is 0.286. The molecule has 0 spiro atoms. The van der Waals surface area contributed by atoms with Crippen LogP contribution >= 0.6 is 0 Å². The molecule has 0 bridgehead atoms. The highest BCUT2D eigenvalue weighted by molar-refractivity contribution is 5.90. The highest BCUT2D eigenvalue weighted by Gasteiger charge is 2.39. The molecular weight excluding hydrogens is 306 g/mol. The van der Waals surface area contributed by atoms with Gasteiger partial charge in [-0.3, -0.25) is 0 Å². The summed E-state index contributed by atoms with van der Waals surface area (Å²) in [6, 6.07) is 6.61. The highest BCUT2D eigenvalue weighted by Crippen LogP contribution is 2.22. The van der Waals surface area contributed by atoms with Crippen molar-refractivity contribution in [3.05, 3.63) is 41.3 Å². The number of cyclic esters (lactones) is 1. The summed E-state index contributed by atoms with van der Waals surface area (Å²) in [6.07, 6.45) is -2.94. The molecule has 0 aromatic heterocycles. The number of carbonyl (C=O) groups is 2. The number of aliphatic hydroxyl groups is 3. The van der Waals surface area contributed by atoms with Crippen LogP contribution in [0.25, 0.3) is 0 Å². The Labute approximate surface area is 132 Å². The molecule has 8 heteroatoms. The fourth-order valence-corrected chi connectivity index (χ4v) is 1.95. The van der Waals surface area contributed by atoms with E-state index in [0.717, 1.165) is 5.69 Å². The normalized spacial score (nSPS) is 18.6. The number of ether oxygens (including phenoxy) is 2. The standard InChI is InChI=1S/C15H17NO7/c1-16(2)9-5-3-8(4-6-9)14(20)22-7-10(17)13-11(18)12(19)15(21)23-13/h3-6,10,13,17-19H,7H2,1-2H3. The van der Waals surface area contributed by atoms with Gasteiger partial charge in [-0.1, -0.05) is 0 Å². The number of esters is 2. The smallest absolute Gasteiger partial charge is 0.377 e. The molecule has 0 aliphatic carbocycles. The summed E-state index contributed by atoms with van der Waals surface area (Å²) in [4.78, 5) is 24.8. The summed E-state index contributed by atoms with van der Waals surface area (Å²) in [5.74, 6) is -3.56. The van der Waals surface area contributed by atoms with Gasteiger partial charge in [0, 0.05) is 19.8 Å². The number of aliphatic hydroxyl groups excluding tert-OH is 3. The monoisotopic (exact) mass is 323 g/mol. The molecule has 1 aliphatic rings. The number of hydrogen-bond donors (Lipinski definition) is 3. The van der Waals surface area contributed by atoms with Crippen molar-refractivity contribution in [1.29, 1.82) is 0 Å². The van der Waals surface area contributed by atoms with Crippen LogP contribution in [0.4, 0.5) is 5.69 Å². The molecule has 2 rings (SSSR count). The van der Waals surface area contributed by atoms with Crippen LogP contribution in [0, 0.1) is 0 Å². The van der Waals surface area contributed by atoms with Gasteiger partial charge in [-0.15, -0.1) is 0 Å². The lowest BCUT2D eigenvalue weighted by Gasteiger charge is -2.17. The fourth-order valence-electron chi connectivity index (χ4n) is 1.95. The van der Waals surface area contributed by atoms with Gasteiger partial charge < -0.3 is 29.7 Å². The van der Waals surface area contributed by atoms with E-state index in [1.165, 1.54) is 0 Å². The molecule has 0 fully saturated rings. The number of hydrogen-bond acceptors (Lipinski definition) is 8. The quantitative estimate of drug-likeness (QED) is 0.672. The summed E-state index contributed by atoms with van der Waals surface area (Å²) in [5, 5.41) is 28.4. The molecule has 23 heavy (non-hydrogen) atoms. The van der Waals surface area contributed by atoms with E-state index in [1.807, 2.05) is 19.0 Å². The Morgan fingerprint density at radius 3 is 2.39 bits per heavy atom. The molecule has 0 saturated heterocycles. The molecule has 3 N–H and O–H groups in total. The molecule has 124 valence electrons. The first kappa shape index (κ1) is 16.6. The Hall–Kier alpha value is -2.74. The third kappa shape index (κ3) is 3.54. The average molecular weight is 323 g/mol. The Morgan fingerprint density at radius 1 is 1.30 bits per heavy atom. The van der Waals surface area contributed by atoms with E-state index < -0.39 is 42.3 Å². The second kappa shape index (κ2) is 6.57. The van der Waals surface area contributed by atoms with Gasteiger partial charge in [0.25, 0.3) is 0 Å². The third-order valence-corrected chi connectivity index (χ3v) is 3.29. The van der Waals surface area contributed by atoms with E-state index in [4.69, 9.17) is 9.84 Å². The first-order valence-corrected chi connectivity index (χ1v) is 6.77. The maximum absolute atomic E-state index is 11.9. The highest BCUT2D eigenvalue weighted by atomic mass is 16.6. The molecule has 0 amide bonds. The number of benzene rings is 1. The summed E-state index contributed by atoms with van der Waals surface area (Å²) < 4.78 is 9.48. The molecule has 1 heterocycles. The SMILES string of the molecule is CN(C)c1ccc(C(=O)OCC(O)C2OC(=O)C(O)=C2O)cc1. The molecule has 0 radical (unpaired) electrons. The number of nitrogens with zero attached hydrogens (tertiary/aromatic N) is 1. The van der Waals surface area contributed by atoms with Gasteiger partial charge in [0.15, 0.2) is 11.9 Å². The molecule has 2 unspecified atom stereocenters. The summed E-state index contributed by atoms with van der Waals surface area (Å²) >= 11 is 0. The predicted octanol–water partition coefficient (Wildman–Crippen LogP) is 0.523. The molecule has 1 aromatic carbocycles. The van der Waals surface area contributed by atoms with E-state index in [1.54, 1.807) is 24.3 Å². The first-order chi connectivity index (χ1) is 10.8. The van der Waals surface area contributed by atoms with E-state index >= 15 is 0 Å². The first-order valence-electron chi connectivity index (χ1n) is 6.77. The van der Waals surface area contributed by atoms with Gasteiger partial charge in [-0.2, -0.15) is 0 Å². The van der Waals surface area contributed by atoms with E-state index in [2.05, 4.69) is 4.74 Å². The van der Waals surface area contributed by atoms with Crippen molar-refractivity contribution >= 4 is 17.6 Å². The van der Waals surface area contributed by atoms with Gasteiger partial charge >= 0.3 is 11.9 Å². The summed E-state index contributed by atoms with van der Waals surface area (Å²) in [6.45, 7) is -0.510. The Morgan fingerprint density at radius 2 is 1.91 bits per heavy atom. The number of carbonyl (C=O) groups excluding carboxylic acids is 2. The van der Waals surface area contributed by atoms with Crippen LogP contribution in [0.5, 0.6) is 0 Å². The zero-order valence-electron chi connectivity index (χ0n) is 12.6. The second-order valence-corrected chi connectivity index (χ2v) is 5.17. The molecule has 1 aliphatic heterocycles. The number of rotatable bonds is 5. The lowest BCUT2D eigenvalue weighted by molar-refractivity contribution is -0.147. The maximum atomic E-state index is 11.9. The maximum Gasteiger partial charge on any atom is 0.377 e. The van der Waals surface area contributed by atoms with Gasteiger partial charge in [0.1, 0.15) is 12.7 Å². The lowest BCUT2D eigenvalue weighted by Crippen LogP contribution is -2.33. The molecular formula is C15H17NO7. The zero-order chi connectivity index (χ0) is 17.1. The molecule has 1 aromatic rings. The Kier molecular flexibility index (Phi) is 4.75. The summed E-state index contributed by atoms with van der Waals surface area (Å²) in [5.41, 5.74) is 1.19. The van der Waals surface area contributed by atoms with Crippen LogP contribution < -0.4 is 4.90 Å². The largest absolute Gasteiger partial charge is 0.505 e. The van der Waals surface area contributed by atoms with E-state index in [9.17, 15) is 19.8 Å². The zero-order valence-corrected chi connectivity index (χ0v) is 12.6. The molecule has 2 atom stereocenters. The van der Waals surface area contributed by atoms with Gasteiger partial charge in [-0.25, -0.2) is 9.59 Å². The third-order valence-electron chi connectivity index (χ3n) is 3.29. The second-order valence-electron chi connectivity index (χ2n) is 5.17. The van der Waals surface area contributed by atoms with Gasteiger partial charge in [-0.05, 0) is 24.3 Å². The van der Waals surface area contributed by atoms with Crippen molar-refractivity contribution < 1.29 is 34.4 Å². The topological polar surface area (TPSA) is 117 Å². The van der Waals surface area contributed by atoms with Crippen LogP contribution in [-0.2, 0) is 14.3 Å². The van der Waals surface area contributed by atoms with Crippen LogP contribution in [0.3, 0.4) is 0 Å². The minimum atomic E-state index is -1.49. The Bertz CT molecular complexity index is 636. The average Bonchev–Trinajstić information content (AvgIpc) is 2.80. The van der Waals surface area contributed by atoms with Gasteiger partial charge in [0.2, 0.25) is 5.76 Å². The van der Waals surface area contributed by atoms with Crippen molar-refractivity contribution in [2.24, 2.45) is 0 Å². The van der Waals surface area contributed by atoms with Gasteiger partial charge in [0.05, 0.1) is 5.56 Å². The van der Waals surface area contributed by atoms with Crippen LogP contribution in [0.1, 0.15) is 10.4 Å². The van der Waals surface area contributed by atoms with E-state index in [0.29, 0.717) is 0 Å². The fraction of sp³-hybridized carbons (Fsp3) is 0.333. The van der Waals surface area contributed by atoms with Crippen molar-refractivity contribution in [3.8, 4) is 0 Å².